The molecule has 2 heterocycles. The third-order valence-corrected chi connectivity index (χ3v) is 8.62. The molecular formula is C21H32N3O3S+. The van der Waals surface area contributed by atoms with Gasteiger partial charge in [-0.25, -0.2) is 8.42 Å². The van der Waals surface area contributed by atoms with Crippen LogP contribution >= 0.6 is 0 Å². The number of nitrogens with one attached hydrogen (secondary N) is 1. The van der Waals surface area contributed by atoms with Crippen molar-refractivity contribution in [2.75, 3.05) is 39.3 Å². The van der Waals surface area contributed by atoms with Crippen molar-refractivity contribution < 1.29 is 18.1 Å². The first kappa shape index (κ1) is 19.9. The molecule has 4 rings (SSSR count). The number of hydrogen-bond donors (Lipinski definition) is 1. The predicted octanol–water partition coefficient (Wildman–Crippen LogP) is 0.466. The molecule has 1 aromatic rings. The van der Waals surface area contributed by atoms with Gasteiger partial charge < -0.3 is 9.80 Å². The number of hydrogen-bond acceptors (Lipinski definition) is 3. The molecule has 2 fully saturated rings. The number of sulfonamides is 1. The predicted molar refractivity (Wildman–Crippen MR) is 108 cm³/mol. The van der Waals surface area contributed by atoms with E-state index < -0.39 is 10.0 Å². The van der Waals surface area contributed by atoms with E-state index in [4.69, 9.17) is 0 Å². The van der Waals surface area contributed by atoms with Crippen molar-refractivity contribution in [2.24, 2.45) is 0 Å². The molecule has 1 atom stereocenters. The zero-order chi connectivity index (χ0) is 19.7. The second-order valence-corrected chi connectivity index (χ2v) is 10.4. The van der Waals surface area contributed by atoms with E-state index in [1.165, 1.54) is 22.4 Å². The summed E-state index contributed by atoms with van der Waals surface area (Å²) in [6.45, 7) is 6.06. The van der Waals surface area contributed by atoms with Gasteiger partial charge >= 0.3 is 0 Å². The van der Waals surface area contributed by atoms with Crippen LogP contribution in [0.4, 0.5) is 0 Å². The standard InChI is InChI=1S/C21H31N3O3S/c1-17(21(25)23-10-4-5-11-23)22-12-14-24(15-13-22)28(26,27)20-9-8-18-6-2-3-7-19(18)16-20/h8-9,16-17H,2-7,10-15H2,1H3/p+1/t17-/m1/s1. The van der Waals surface area contributed by atoms with Crippen LogP contribution in [0.1, 0.15) is 43.7 Å². The number of likely N-dealkylation sites (tertiary alicyclic amines) is 1. The number of fused-ring (bicyclic) bond motifs is 1. The Morgan fingerprint density at radius 3 is 2.29 bits per heavy atom. The second kappa shape index (κ2) is 8.13. The summed E-state index contributed by atoms with van der Waals surface area (Å²) >= 11 is 0. The van der Waals surface area contributed by atoms with Crippen molar-refractivity contribution in [3.05, 3.63) is 29.3 Å². The number of aryl methyl sites for hydroxylation is 2. The summed E-state index contributed by atoms with van der Waals surface area (Å²) in [6.07, 6.45) is 6.56. The zero-order valence-electron chi connectivity index (χ0n) is 16.8. The molecule has 1 N–H and O–H groups in total. The Morgan fingerprint density at radius 2 is 1.61 bits per heavy atom. The van der Waals surface area contributed by atoms with E-state index >= 15 is 0 Å². The summed E-state index contributed by atoms with van der Waals surface area (Å²) in [7, 11) is -3.46. The highest BCUT2D eigenvalue weighted by Gasteiger charge is 2.36. The molecule has 2 aliphatic heterocycles. The van der Waals surface area contributed by atoms with Crippen LogP contribution in [0.25, 0.3) is 0 Å². The lowest BCUT2D eigenvalue weighted by Gasteiger charge is -2.35. The van der Waals surface area contributed by atoms with Crippen LogP contribution in [0.15, 0.2) is 23.1 Å². The minimum absolute atomic E-state index is 0.0910. The Kier molecular flexibility index (Phi) is 5.76. The smallest absolute Gasteiger partial charge is 0.280 e. The van der Waals surface area contributed by atoms with Crippen molar-refractivity contribution >= 4 is 15.9 Å². The van der Waals surface area contributed by atoms with Crippen molar-refractivity contribution in [2.45, 2.75) is 56.4 Å². The van der Waals surface area contributed by atoms with E-state index in [1.807, 2.05) is 24.0 Å². The summed E-state index contributed by atoms with van der Waals surface area (Å²) in [5, 5.41) is 0. The Morgan fingerprint density at radius 1 is 0.964 bits per heavy atom. The van der Waals surface area contributed by atoms with Gasteiger partial charge in [0.05, 0.1) is 31.1 Å². The van der Waals surface area contributed by atoms with Gasteiger partial charge in [-0.15, -0.1) is 0 Å². The third kappa shape index (κ3) is 3.84. The van der Waals surface area contributed by atoms with Gasteiger partial charge in [0.2, 0.25) is 10.0 Å². The van der Waals surface area contributed by atoms with E-state index in [0.717, 1.165) is 45.2 Å². The highest BCUT2D eigenvalue weighted by Crippen LogP contribution is 2.25. The fourth-order valence-corrected chi connectivity index (χ4v) is 6.34. The maximum Gasteiger partial charge on any atom is 0.280 e. The Labute approximate surface area is 168 Å². The van der Waals surface area contributed by atoms with Crippen molar-refractivity contribution in [3.63, 3.8) is 0 Å². The average molecular weight is 407 g/mol. The van der Waals surface area contributed by atoms with Crippen LogP contribution in [-0.2, 0) is 27.7 Å². The summed E-state index contributed by atoms with van der Waals surface area (Å²) in [5.74, 6) is 0.221. The highest BCUT2D eigenvalue weighted by molar-refractivity contribution is 7.89. The molecule has 6 nitrogen and oxygen atoms in total. The van der Waals surface area contributed by atoms with Crippen molar-refractivity contribution in [1.82, 2.24) is 9.21 Å². The molecule has 1 amide bonds. The summed E-state index contributed by atoms with van der Waals surface area (Å²) < 4.78 is 27.9. The lowest BCUT2D eigenvalue weighted by molar-refractivity contribution is -0.918. The molecule has 0 saturated carbocycles. The van der Waals surface area contributed by atoms with Crippen LogP contribution in [0.3, 0.4) is 0 Å². The van der Waals surface area contributed by atoms with E-state index in [-0.39, 0.29) is 11.9 Å². The van der Waals surface area contributed by atoms with Gasteiger partial charge in [0.15, 0.2) is 6.04 Å². The van der Waals surface area contributed by atoms with Crippen LogP contribution < -0.4 is 4.90 Å². The Hall–Kier alpha value is -1.44. The molecule has 2 saturated heterocycles. The molecule has 0 aromatic heterocycles. The number of rotatable bonds is 4. The SMILES string of the molecule is C[C@H](C(=O)N1CCCC1)[NH+]1CCN(S(=O)(=O)c2ccc3c(c2)CCCC3)CC1. The van der Waals surface area contributed by atoms with E-state index in [2.05, 4.69) is 0 Å². The monoisotopic (exact) mass is 406 g/mol. The number of nitrogens with zero attached hydrogens (tertiary/aromatic N) is 2. The molecule has 1 aliphatic carbocycles. The molecule has 7 heteroatoms. The third-order valence-electron chi connectivity index (χ3n) is 6.72. The van der Waals surface area contributed by atoms with Crippen LogP contribution in [-0.4, -0.2) is 68.8 Å². The lowest BCUT2D eigenvalue weighted by atomic mass is 9.92. The number of piperazine rings is 1. The van der Waals surface area contributed by atoms with Gasteiger partial charge in [-0.1, -0.05) is 6.07 Å². The first-order chi connectivity index (χ1) is 13.5. The summed E-state index contributed by atoms with van der Waals surface area (Å²) in [5.41, 5.74) is 2.50. The van der Waals surface area contributed by atoms with Crippen LogP contribution in [0.5, 0.6) is 0 Å². The largest absolute Gasteiger partial charge is 0.338 e. The Bertz CT molecular complexity index is 825. The molecule has 3 aliphatic rings. The Balaban J connectivity index is 1.40. The maximum atomic E-state index is 13.1. The number of carbonyl (C=O) groups excluding carboxylic acids is 1. The fourth-order valence-electron chi connectivity index (χ4n) is 4.85. The van der Waals surface area contributed by atoms with Crippen molar-refractivity contribution in [1.29, 1.82) is 0 Å². The minimum atomic E-state index is -3.46. The maximum absolute atomic E-state index is 13.1. The highest BCUT2D eigenvalue weighted by atomic mass is 32.2. The van der Waals surface area contributed by atoms with Crippen LogP contribution in [0.2, 0.25) is 0 Å². The topological polar surface area (TPSA) is 62.1 Å². The lowest BCUT2D eigenvalue weighted by Crippen LogP contribution is -3.19. The first-order valence-corrected chi connectivity index (χ1v) is 12.2. The fraction of sp³-hybridized carbons (Fsp3) is 0.667. The molecule has 28 heavy (non-hydrogen) atoms. The van der Waals surface area contributed by atoms with Gasteiger partial charge in [0.1, 0.15) is 0 Å². The van der Waals surface area contributed by atoms with Gasteiger partial charge in [-0.05, 0) is 68.7 Å². The summed E-state index contributed by atoms with van der Waals surface area (Å²) in [4.78, 5) is 16.3. The van der Waals surface area contributed by atoms with Gasteiger partial charge in [-0.2, -0.15) is 4.31 Å². The number of carbonyl (C=O) groups is 1. The summed E-state index contributed by atoms with van der Waals surface area (Å²) in [6, 6.07) is 5.58. The second-order valence-electron chi connectivity index (χ2n) is 8.45. The van der Waals surface area contributed by atoms with E-state index in [1.54, 1.807) is 10.4 Å². The normalized spacial score (nSPS) is 22.8. The van der Waals surface area contributed by atoms with Gasteiger partial charge in [-0.3, -0.25) is 4.79 Å². The molecule has 0 spiro atoms. The average Bonchev–Trinajstić information content (AvgIpc) is 3.27. The van der Waals surface area contributed by atoms with E-state index in [9.17, 15) is 13.2 Å². The minimum Gasteiger partial charge on any atom is -0.338 e. The van der Waals surface area contributed by atoms with Gasteiger partial charge in [0, 0.05) is 13.1 Å². The molecular weight excluding hydrogens is 374 g/mol. The zero-order valence-corrected chi connectivity index (χ0v) is 17.6. The molecule has 1 aromatic carbocycles. The van der Waals surface area contributed by atoms with Gasteiger partial charge in [0.25, 0.3) is 5.91 Å². The molecule has 0 bridgehead atoms. The quantitative estimate of drug-likeness (QED) is 0.791. The first-order valence-electron chi connectivity index (χ1n) is 10.7. The number of benzene rings is 1. The molecule has 0 radical (unpaired) electrons. The van der Waals surface area contributed by atoms with Crippen LogP contribution in [0, 0.1) is 0 Å². The molecule has 0 unspecified atom stereocenters. The molecule has 154 valence electrons. The number of quaternary nitrogens is 1. The number of amides is 1. The van der Waals surface area contributed by atoms with Crippen molar-refractivity contribution in [3.8, 4) is 0 Å². The van der Waals surface area contributed by atoms with E-state index in [0.29, 0.717) is 31.1 Å².